The number of nitrogens with one attached hydrogen (secondary N) is 2. The van der Waals surface area contributed by atoms with E-state index in [9.17, 15) is 19.5 Å². The summed E-state index contributed by atoms with van der Waals surface area (Å²) in [5, 5.41) is 17.7. The highest BCUT2D eigenvalue weighted by atomic mass is 35.5. The number of piperidine rings is 6. The second-order valence-electron chi connectivity index (χ2n) is 19.3. The average molecular weight is 997 g/mol. The van der Waals surface area contributed by atoms with Gasteiger partial charge in [-0.25, -0.2) is 9.59 Å². The molecule has 1 unspecified atom stereocenters. The van der Waals surface area contributed by atoms with Crippen molar-refractivity contribution in [1.82, 2.24) is 0 Å². The van der Waals surface area contributed by atoms with Gasteiger partial charge in [-0.1, -0.05) is 180 Å². The van der Waals surface area contributed by atoms with Crippen LogP contribution in [0.25, 0.3) is 0 Å². The molecule has 382 valence electrons. The molecule has 6 saturated heterocycles. The lowest BCUT2D eigenvalue weighted by Crippen LogP contribution is -3.00. The number of halogens is 1. The van der Waals surface area contributed by atoms with E-state index in [4.69, 9.17) is 9.47 Å². The number of nitrogens with zero attached hydrogens (tertiary/aromatic N) is 2. The van der Waals surface area contributed by atoms with Crippen LogP contribution in [-0.4, -0.2) is 96.4 Å². The van der Waals surface area contributed by atoms with Crippen molar-refractivity contribution in [2.75, 3.05) is 63.0 Å². The molecular formula is C61H76ClN4O6+. The van der Waals surface area contributed by atoms with Crippen molar-refractivity contribution >= 4 is 29.1 Å². The minimum absolute atomic E-state index is 0. The number of aliphatic hydroxyl groups excluding tert-OH is 1. The Morgan fingerprint density at radius 3 is 1.22 bits per heavy atom. The van der Waals surface area contributed by atoms with E-state index < -0.39 is 18.2 Å². The van der Waals surface area contributed by atoms with Crippen LogP contribution in [0, 0.1) is 11.8 Å². The molecule has 6 fully saturated rings. The fraction of sp³-hybridized carbons (Fsp3) is 0.361. The summed E-state index contributed by atoms with van der Waals surface area (Å²) in [5.41, 5.74) is 5.23. The maximum Gasteiger partial charge on any atom is 0.333 e. The zero-order chi connectivity index (χ0) is 46.8. The van der Waals surface area contributed by atoms with Crippen molar-refractivity contribution < 1.29 is 50.3 Å². The molecule has 6 heterocycles. The Kier molecular flexibility index (Phi) is 20.8. The number of quaternary nitrogens is 2. The van der Waals surface area contributed by atoms with Gasteiger partial charge in [0.2, 0.25) is 5.78 Å². The summed E-state index contributed by atoms with van der Waals surface area (Å²) in [5.74, 6) is 0.422. The van der Waals surface area contributed by atoms with Gasteiger partial charge in [0.15, 0.2) is 24.3 Å². The Morgan fingerprint density at radius 1 is 0.486 bits per heavy atom. The van der Waals surface area contributed by atoms with Crippen molar-refractivity contribution in [1.29, 1.82) is 0 Å². The number of benzene rings is 6. The van der Waals surface area contributed by atoms with Crippen LogP contribution in [0.2, 0.25) is 0 Å². The van der Waals surface area contributed by atoms with Gasteiger partial charge in [-0.05, 0) is 41.0 Å². The second-order valence-corrected chi connectivity index (χ2v) is 19.3. The van der Waals surface area contributed by atoms with Gasteiger partial charge in [-0.2, -0.15) is 0 Å². The molecule has 6 aromatic rings. The fourth-order valence-corrected chi connectivity index (χ4v) is 11.0. The molecule has 12 rings (SSSR count). The van der Waals surface area contributed by atoms with E-state index in [1.807, 2.05) is 182 Å². The summed E-state index contributed by atoms with van der Waals surface area (Å²) in [4.78, 5) is 40.0. The summed E-state index contributed by atoms with van der Waals surface area (Å²) >= 11 is 0. The first-order chi connectivity index (χ1) is 33.2. The van der Waals surface area contributed by atoms with Crippen LogP contribution >= 0.6 is 0 Å². The molecule has 0 radical (unpaired) electrons. The third-order valence-electron chi connectivity index (χ3n) is 14.8. The molecule has 10 nitrogen and oxygen atoms in total. The van der Waals surface area contributed by atoms with E-state index in [0.717, 1.165) is 96.5 Å². The van der Waals surface area contributed by atoms with Crippen LogP contribution in [0.15, 0.2) is 182 Å². The number of ketones is 1. The number of hydrogen-bond donors (Lipinski definition) is 3. The van der Waals surface area contributed by atoms with E-state index in [0.29, 0.717) is 36.0 Å². The van der Waals surface area contributed by atoms with E-state index in [1.54, 1.807) is 0 Å². The van der Waals surface area contributed by atoms with Crippen molar-refractivity contribution in [2.24, 2.45) is 11.8 Å². The summed E-state index contributed by atoms with van der Waals surface area (Å²) < 4.78 is 14.0. The van der Waals surface area contributed by atoms with Gasteiger partial charge in [0.1, 0.15) is 32.3 Å². The minimum atomic E-state index is -0.585. The molecule has 6 aliphatic heterocycles. The van der Waals surface area contributed by atoms with Gasteiger partial charge >= 0.3 is 11.9 Å². The van der Waals surface area contributed by atoms with Crippen molar-refractivity contribution in [3.63, 3.8) is 0 Å². The highest BCUT2D eigenvalue weighted by molar-refractivity contribution is 5.97. The van der Waals surface area contributed by atoms with E-state index in [1.165, 1.54) is 0 Å². The van der Waals surface area contributed by atoms with Gasteiger partial charge in [-0.3, -0.25) is 4.79 Å². The lowest BCUT2D eigenvalue weighted by Gasteiger charge is -2.52. The monoisotopic (exact) mass is 996 g/mol. The van der Waals surface area contributed by atoms with Crippen molar-refractivity contribution in [3.05, 3.63) is 204 Å². The third kappa shape index (κ3) is 14.0. The third-order valence-corrected chi connectivity index (χ3v) is 14.8. The minimum Gasteiger partial charge on any atom is -1.00 e. The molecule has 5 atom stereocenters. The molecule has 4 bridgehead atoms. The molecule has 0 amide bonds. The zero-order valence-corrected chi connectivity index (χ0v) is 39.9. The number of anilines is 2. The first-order valence-electron chi connectivity index (χ1n) is 24.4. The summed E-state index contributed by atoms with van der Waals surface area (Å²) in [6.45, 7) is 6.63. The predicted molar refractivity (Wildman–Crippen MR) is 286 cm³/mol. The topological polar surface area (TPSA) is 114 Å². The maximum absolute atomic E-state index is 13.5. The number of para-hydroxylation sites is 2. The molecule has 6 aliphatic rings. The van der Waals surface area contributed by atoms with Gasteiger partial charge in [0.25, 0.3) is 0 Å². The molecule has 0 aliphatic carbocycles. The van der Waals surface area contributed by atoms with Gasteiger partial charge in [0, 0.05) is 54.5 Å². The highest BCUT2D eigenvalue weighted by Crippen LogP contribution is 2.39. The Bertz CT molecular complexity index is 2540. The lowest BCUT2D eigenvalue weighted by atomic mass is 9.82. The number of fused-ring (bicyclic) bond motifs is 6. The number of esters is 2. The Labute approximate surface area is 435 Å². The van der Waals surface area contributed by atoms with Gasteiger partial charge in [0.05, 0.1) is 26.2 Å². The van der Waals surface area contributed by atoms with E-state index in [-0.39, 0.29) is 64.6 Å². The summed E-state index contributed by atoms with van der Waals surface area (Å²) in [6, 6.07) is 57.2. The number of carbonyl (C=O) groups is 3. The summed E-state index contributed by atoms with van der Waals surface area (Å²) in [7, 11) is 0. The molecule has 6 aromatic carbocycles. The van der Waals surface area contributed by atoms with Crippen LogP contribution < -0.4 is 23.0 Å². The smallest absolute Gasteiger partial charge is 0.333 e. The Hall–Kier alpha value is -6.30. The molecule has 11 heteroatoms. The second kappa shape index (κ2) is 26.4. The molecule has 3 N–H and O–H groups in total. The fourth-order valence-electron chi connectivity index (χ4n) is 11.0. The SMILES string of the molecule is C.C.C.O=C(C[N+]12CCC(CC1)[C@@H](OC(=O)[C@H](Nc1ccccc1)c1ccccc1)C2)c1ccccc1.O=C(O[C@H]1C[N+]2(CC(O)c3ccccc3)CCC1CC2)[C@H](Nc1ccccc1)c1ccccc1.[Cl-]. The Balaban J connectivity index is 0.000000253. The zero-order valence-electron chi connectivity index (χ0n) is 39.1. The molecular weight excluding hydrogens is 920 g/mol. The van der Waals surface area contributed by atoms with Crippen LogP contribution in [0.5, 0.6) is 0 Å². The quantitative estimate of drug-likeness (QED) is 0.0503. The average Bonchev–Trinajstić information content (AvgIpc) is 3.39. The normalized spacial score (nSPS) is 23.4. The Morgan fingerprint density at radius 2 is 0.819 bits per heavy atom. The van der Waals surface area contributed by atoms with Crippen LogP contribution in [0.1, 0.15) is 93.2 Å². The number of rotatable bonds is 16. The maximum atomic E-state index is 13.5. The van der Waals surface area contributed by atoms with Crippen LogP contribution in [0.3, 0.4) is 0 Å². The van der Waals surface area contributed by atoms with Gasteiger partial charge in [-0.15, -0.1) is 0 Å². The summed E-state index contributed by atoms with van der Waals surface area (Å²) in [6.07, 6.45) is 3.24. The van der Waals surface area contributed by atoms with Crippen molar-refractivity contribution in [2.45, 2.75) is 78.4 Å². The molecule has 72 heavy (non-hydrogen) atoms. The molecule has 0 aromatic heterocycles. The van der Waals surface area contributed by atoms with E-state index >= 15 is 0 Å². The highest BCUT2D eigenvalue weighted by Gasteiger charge is 2.50. The largest absolute Gasteiger partial charge is 1.00 e. The van der Waals surface area contributed by atoms with Gasteiger partial charge < -0.3 is 46.6 Å². The molecule has 0 saturated carbocycles. The standard InChI is InChI=1S/C29H33N2O3.C29H31N2O3.3CH4.ClH/c2*32-26(22-10-4-1-5-11-22)20-31-18-16-23(17-19-31)27(21-31)34-29(33)28(24-12-6-2-7-13-24)30-25-14-8-3-9-15-25;;;;/h1-15,23,26-28,30,32H,16-21H2;1-15,23,27-28,30H,16-21H2;3*1H4;1H/q2*+1;;;;/p-1/t23?,26?,27-,28+,31?;23?,27-,28+,31?;;;;/m00..../s1. The first kappa shape index (κ1) is 56.6. The first-order valence-corrected chi connectivity index (χ1v) is 24.4. The molecule has 0 spiro atoms. The van der Waals surface area contributed by atoms with Crippen LogP contribution in [-0.2, 0) is 19.1 Å². The van der Waals surface area contributed by atoms with Crippen molar-refractivity contribution in [3.8, 4) is 0 Å². The lowest BCUT2D eigenvalue weighted by molar-refractivity contribution is -0.949. The number of ether oxygens (including phenoxy) is 2. The van der Waals surface area contributed by atoms with E-state index in [2.05, 4.69) is 10.6 Å². The predicted octanol–water partition coefficient (Wildman–Crippen LogP) is 8.51. The number of carbonyl (C=O) groups excluding carboxylic acids is 3. The number of Topliss-reactive ketones (excluding diaryl/α,β-unsaturated/α-hetero) is 1. The van der Waals surface area contributed by atoms with Crippen LogP contribution in [0.4, 0.5) is 11.4 Å². The number of hydrogen-bond acceptors (Lipinski definition) is 8. The number of aliphatic hydroxyl groups is 1.